The third-order valence-electron chi connectivity index (χ3n) is 4.38. The van der Waals surface area contributed by atoms with Crippen molar-refractivity contribution in [1.29, 1.82) is 0 Å². The molecule has 0 atom stereocenters. The highest BCUT2D eigenvalue weighted by Gasteiger charge is 2.13. The SMILES string of the molecule is COc1ccc(Cn2cnc3c(-n4ccc(N)n4)nccc3c2=O)c(OC)c1. The highest BCUT2D eigenvalue weighted by molar-refractivity contribution is 5.83. The van der Waals surface area contributed by atoms with E-state index >= 15 is 0 Å². The third kappa shape index (κ3) is 3.02. The summed E-state index contributed by atoms with van der Waals surface area (Å²) in [7, 11) is 3.17. The van der Waals surface area contributed by atoms with Crippen LogP contribution in [0, 0.1) is 0 Å². The predicted molar refractivity (Wildman–Crippen MR) is 104 cm³/mol. The second-order valence-corrected chi connectivity index (χ2v) is 6.07. The smallest absolute Gasteiger partial charge is 0.261 e. The lowest BCUT2D eigenvalue weighted by molar-refractivity contribution is 0.390. The first-order valence-corrected chi connectivity index (χ1v) is 8.47. The molecule has 0 unspecified atom stereocenters. The van der Waals surface area contributed by atoms with Crippen molar-refractivity contribution in [2.45, 2.75) is 6.54 Å². The lowest BCUT2D eigenvalue weighted by Gasteiger charge is -2.12. The van der Waals surface area contributed by atoms with Crippen molar-refractivity contribution in [3.63, 3.8) is 0 Å². The van der Waals surface area contributed by atoms with E-state index in [-0.39, 0.29) is 5.56 Å². The first kappa shape index (κ1) is 17.5. The van der Waals surface area contributed by atoms with Crippen LogP contribution in [0.3, 0.4) is 0 Å². The van der Waals surface area contributed by atoms with Gasteiger partial charge in [0, 0.05) is 30.1 Å². The molecular weight excluding hydrogens is 360 g/mol. The Kier molecular flexibility index (Phi) is 4.40. The maximum atomic E-state index is 13.0. The second kappa shape index (κ2) is 7.03. The molecule has 0 saturated carbocycles. The molecule has 0 bridgehead atoms. The summed E-state index contributed by atoms with van der Waals surface area (Å²) in [5.74, 6) is 2.12. The van der Waals surface area contributed by atoms with Crippen molar-refractivity contribution in [3.8, 4) is 17.3 Å². The van der Waals surface area contributed by atoms with Crippen molar-refractivity contribution in [2.75, 3.05) is 20.0 Å². The largest absolute Gasteiger partial charge is 0.497 e. The van der Waals surface area contributed by atoms with Gasteiger partial charge in [-0.2, -0.15) is 0 Å². The zero-order valence-electron chi connectivity index (χ0n) is 15.4. The molecule has 9 nitrogen and oxygen atoms in total. The summed E-state index contributed by atoms with van der Waals surface area (Å²) in [6.45, 7) is 0.307. The molecule has 0 aliphatic heterocycles. The lowest BCUT2D eigenvalue weighted by atomic mass is 10.2. The van der Waals surface area contributed by atoms with E-state index in [0.717, 1.165) is 5.56 Å². The molecule has 0 radical (unpaired) electrons. The summed E-state index contributed by atoms with van der Waals surface area (Å²) in [5.41, 5.74) is 6.78. The monoisotopic (exact) mass is 378 g/mol. The Balaban J connectivity index is 1.78. The molecule has 2 N–H and O–H groups in total. The molecule has 0 aliphatic carbocycles. The number of hydrogen-bond donors (Lipinski definition) is 1. The number of hydrogen-bond acceptors (Lipinski definition) is 7. The molecule has 4 aromatic rings. The minimum atomic E-state index is -0.188. The maximum absolute atomic E-state index is 13.0. The van der Waals surface area contributed by atoms with Gasteiger partial charge >= 0.3 is 0 Å². The number of methoxy groups -OCH3 is 2. The molecule has 3 aromatic heterocycles. The van der Waals surface area contributed by atoms with E-state index in [4.69, 9.17) is 15.2 Å². The quantitative estimate of drug-likeness (QED) is 0.562. The molecule has 142 valence electrons. The maximum Gasteiger partial charge on any atom is 0.261 e. The molecule has 0 amide bonds. The zero-order valence-corrected chi connectivity index (χ0v) is 15.4. The molecule has 9 heteroatoms. The fourth-order valence-electron chi connectivity index (χ4n) is 2.98. The first-order chi connectivity index (χ1) is 13.6. The minimum Gasteiger partial charge on any atom is -0.497 e. The fraction of sp³-hybridized carbons (Fsp3) is 0.158. The van der Waals surface area contributed by atoms with E-state index < -0.39 is 0 Å². The molecule has 28 heavy (non-hydrogen) atoms. The van der Waals surface area contributed by atoms with Gasteiger partial charge in [-0.25, -0.2) is 14.6 Å². The Morgan fingerprint density at radius 1 is 1.11 bits per heavy atom. The second-order valence-electron chi connectivity index (χ2n) is 6.07. The van der Waals surface area contributed by atoms with Crippen LogP contribution in [-0.4, -0.2) is 38.5 Å². The van der Waals surface area contributed by atoms with Crippen LogP contribution in [0.2, 0.25) is 0 Å². The highest BCUT2D eigenvalue weighted by atomic mass is 16.5. The van der Waals surface area contributed by atoms with E-state index in [1.54, 1.807) is 44.8 Å². The van der Waals surface area contributed by atoms with Crippen molar-refractivity contribution in [1.82, 2.24) is 24.3 Å². The molecule has 3 heterocycles. The number of nitrogens with two attached hydrogens (primary N) is 1. The van der Waals surface area contributed by atoms with Gasteiger partial charge in [0.1, 0.15) is 22.8 Å². The van der Waals surface area contributed by atoms with Crippen LogP contribution in [0.25, 0.3) is 16.7 Å². The van der Waals surface area contributed by atoms with E-state index in [9.17, 15) is 4.79 Å². The van der Waals surface area contributed by atoms with Gasteiger partial charge < -0.3 is 15.2 Å². The van der Waals surface area contributed by atoms with Crippen molar-refractivity contribution >= 4 is 16.7 Å². The first-order valence-electron chi connectivity index (χ1n) is 8.47. The minimum absolute atomic E-state index is 0.188. The summed E-state index contributed by atoms with van der Waals surface area (Å²) in [6.07, 6.45) is 4.72. The van der Waals surface area contributed by atoms with E-state index in [1.807, 2.05) is 12.1 Å². The highest BCUT2D eigenvalue weighted by Crippen LogP contribution is 2.25. The summed E-state index contributed by atoms with van der Waals surface area (Å²) in [6, 6.07) is 8.75. The number of anilines is 1. The summed E-state index contributed by atoms with van der Waals surface area (Å²) in [5, 5.41) is 4.58. The third-order valence-corrected chi connectivity index (χ3v) is 4.38. The van der Waals surface area contributed by atoms with Crippen LogP contribution in [0.1, 0.15) is 5.56 Å². The number of fused-ring (bicyclic) bond motifs is 1. The lowest BCUT2D eigenvalue weighted by Crippen LogP contribution is -2.22. The molecule has 0 saturated heterocycles. The van der Waals surface area contributed by atoms with Crippen LogP contribution in [0.4, 0.5) is 5.82 Å². The summed E-state index contributed by atoms with van der Waals surface area (Å²) >= 11 is 0. The Bertz CT molecular complexity index is 1210. The fourth-order valence-corrected chi connectivity index (χ4v) is 2.98. The number of nitrogens with zero attached hydrogens (tertiary/aromatic N) is 5. The van der Waals surface area contributed by atoms with Gasteiger partial charge in [-0.15, -0.1) is 5.10 Å². The van der Waals surface area contributed by atoms with Gasteiger partial charge in [-0.05, 0) is 18.2 Å². The average Bonchev–Trinajstić information content (AvgIpc) is 3.16. The van der Waals surface area contributed by atoms with E-state index in [0.29, 0.717) is 40.6 Å². The van der Waals surface area contributed by atoms with Gasteiger partial charge in [0.15, 0.2) is 5.82 Å². The average molecular weight is 378 g/mol. The molecule has 0 aliphatic rings. The van der Waals surface area contributed by atoms with Gasteiger partial charge in [0.25, 0.3) is 5.56 Å². The van der Waals surface area contributed by atoms with Crippen molar-refractivity contribution in [2.24, 2.45) is 0 Å². The number of ether oxygens (including phenoxy) is 2. The van der Waals surface area contributed by atoms with Crippen LogP contribution < -0.4 is 20.8 Å². The number of pyridine rings is 1. The number of aromatic nitrogens is 5. The van der Waals surface area contributed by atoms with Gasteiger partial charge in [-0.3, -0.25) is 9.36 Å². The Morgan fingerprint density at radius 2 is 1.96 bits per heavy atom. The molecule has 4 rings (SSSR count). The van der Waals surface area contributed by atoms with Crippen LogP contribution >= 0.6 is 0 Å². The van der Waals surface area contributed by atoms with Crippen molar-refractivity contribution in [3.05, 3.63) is 65.0 Å². The molecule has 0 spiro atoms. The Morgan fingerprint density at radius 3 is 2.68 bits per heavy atom. The van der Waals surface area contributed by atoms with E-state index in [2.05, 4.69) is 15.1 Å². The number of rotatable bonds is 5. The molecule has 1 aromatic carbocycles. The van der Waals surface area contributed by atoms with Gasteiger partial charge in [0.2, 0.25) is 0 Å². The molecular formula is C19H18N6O3. The summed E-state index contributed by atoms with van der Waals surface area (Å²) in [4.78, 5) is 21.8. The zero-order chi connectivity index (χ0) is 19.7. The molecule has 0 fully saturated rings. The van der Waals surface area contributed by atoms with Crippen LogP contribution in [0.5, 0.6) is 11.5 Å². The standard InChI is InChI=1S/C19H18N6O3/c1-27-13-4-3-12(15(9-13)28-2)10-24-11-22-17-14(19(24)26)5-7-21-18(17)25-8-6-16(20)23-25/h3-9,11H,10H2,1-2H3,(H2,20,23). The Labute approximate surface area is 160 Å². The van der Waals surface area contributed by atoms with Crippen LogP contribution in [-0.2, 0) is 6.54 Å². The van der Waals surface area contributed by atoms with Crippen LogP contribution in [0.15, 0.2) is 53.8 Å². The van der Waals surface area contributed by atoms with E-state index in [1.165, 1.54) is 15.6 Å². The van der Waals surface area contributed by atoms with Crippen molar-refractivity contribution < 1.29 is 9.47 Å². The predicted octanol–water partition coefficient (Wildman–Crippen LogP) is 1.62. The van der Waals surface area contributed by atoms with Gasteiger partial charge in [0.05, 0.1) is 32.5 Å². The number of nitrogen functional groups attached to an aromatic ring is 1. The number of benzene rings is 1. The topological polar surface area (TPSA) is 110 Å². The van der Waals surface area contributed by atoms with Gasteiger partial charge in [-0.1, -0.05) is 0 Å². The normalized spacial score (nSPS) is 10.9. The Hall–Kier alpha value is -3.88. The summed E-state index contributed by atoms with van der Waals surface area (Å²) < 4.78 is 13.7.